The highest BCUT2D eigenvalue weighted by molar-refractivity contribution is 5.98. The van der Waals surface area contributed by atoms with E-state index in [2.05, 4.69) is 15.6 Å². The van der Waals surface area contributed by atoms with Crippen molar-refractivity contribution in [3.63, 3.8) is 0 Å². The molecule has 164 valence electrons. The molecule has 0 unspecified atom stereocenters. The van der Waals surface area contributed by atoms with E-state index in [1.54, 1.807) is 11.6 Å². The normalized spacial score (nSPS) is 14.3. The zero-order valence-electron chi connectivity index (χ0n) is 18.6. The van der Waals surface area contributed by atoms with Gasteiger partial charge in [-0.2, -0.15) is 0 Å². The van der Waals surface area contributed by atoms with E-state index in [1.807, 2.05) is 19.9 Å². The molecule has 4 rings (SSSR count). The SMILES string of the molecule is Cc1cc(C(=O)Cn2cnc3c2c(=O)n(C)c(=O)n3C)c(C)n1CCC1=CCCCC1. The second-order valence-corrected chi connectivity index (χ2v) is 8.47. The first-order chi connectivity index (χ1) is 14.8. The summed E-state index contributed by atoms with van der Waals surface area (Å²) in [6, 6.07) is 1.93. The lowest BCUT2D eigenvalue weighted by atomic mass is 9.97. The van der Waals surface area contributed by atoms with Crippen LogP contribution < -0.4 is 11.2 Å². The maximum absolute atomic E-state index is 13.1. The third-order valence-electron chi connectivity index (χ3n) is 6.45. The molecular weight excluding hydrogens is 394 g/mol. The van der Waals surface area contributed by atoms with Crippen molar-refractivity contribution < 1.29 is 4.79 Å². The summed E-state index contributed by atoms with van der Waals surface area (Å²) in [6.07, 6.45) is 9.73. The van der Waals surface area contributed by atoms with Crippen LogP contribution in [0.25, 0.3) is 11.2 Å². The molecule has 3 aromatic rings. The van der Waals surface area contributed by atoms with Crippen LogP contribution in [0.2, 0.25) is 0 Å². The quantitative estimate of drug-likeness (QED) is 0.451. The number of ketones is 1. The molecule has 31 heavy (non-hydrogen) atoms. The summed E-state index contributed by atoms with van der Waals surface area (Å²) in [7, 11) is 3.00. The highest BCUT2D eigenvalue weighted by Crippen LogP contribution is 2.23. The van der Waals surface area contributed by atoms with Crippen molar-refractivity contribution in [1.82, 2.24) is 23.3 Å². The summed E-state index contributed by atoms with van der Waals surface area (Å²) in [6.45, 7) is 4.87. The Labute approximate surface area is 180 Å². The van der Waals surface area contributed by atoms with Gasteiger partial charge in [0.25, 0.3) is 5.56 Å². The molecule has 1 aliphatic carbocycles. The van der Waals surface area contributed by atoms with E-state index < -0.39 is 11.2 Å². The van der Waals surface area contributed by atoms with Gasteiger partial charge in [-0.1, -0.05) is 11.6 Å². The highest BCUT2D eigenvalue weighted by Gasteiger charge is 2.20. The molecular formula is C23H29N5O3. The Morgan fingerprint density at radius 3 is 2.61 bits per heavy atom. The molecule has 0 aliphatic heterocycles. The van der Waals surface area contributed by atoms with E-state index in [4.69, 9.17) is 0 Å². The van der Waals surface area contributed by atoms with Gasteiger partial charge in [-0.05, 0) is 52.0 Å². The largest absolute Gasteiger partial charge is 0.348 e. The van der Waals surface area contributed by atoms with E-state index >= 15 is 0 Å². The van der Waals surface area contributed by atoms with Crippen molar-refractivity contribution in [2.24, 2.45) is 14.1 Å². The van der Waals surface area contributed by atoms with Crippen molar-refractivity contribution >= 4 is 16.9 Å². The van der Waals surface area contributed by atoms with Crippen LogP contribution in [-0.2, 0) is 27.2 Å². The predicted octanol–water partition coefficient (Wildman–Crippen LogP) is 2.63. The van der Waals surface area contributed by atoms with Gasteiger partial charge in [0.15, 0.2) is 16.9 Å². The van der Waals surface area contributed by atoms with Crippen LogP contribution in [0.15, 0.2) is 33.6 Å². The number of nitrogens with zero attached hydrogens (tertiary/aromatic N) is 5. The summed E-state index contributed by atoms with van der Waals surface area (Å²) in [5, 5.41) is 0. The first-order valence-electron chi connectivity index (χ1n) is 10.8. The number of allylic oxidation sites excluding steroid dienone is 2. The number of aryl methyl sites for hydroxylation is 2. The molecule has 0 fully saturated rings. The molecule has 8 heteroatoms. The maximum atomic E-state index is 13.1. The summed E-state index contributed by atoms with van der Waals surface area (Å²) in [4.78, 5) is 42.1. The minimum absolute atomic E-state index is 0.000605. The Morgan fingerprint density at radius 1 is 1.13 bits per heavy atom. The smallest absolute Gasteiger partial charge is 0.332 e. The van der Waals surface area contributed by atoms with E-state index in [0.717, 1.165) is 28.9 Å². The fraction of sp³-hybridized carbons (Fsp3) is 0.478. The molecule has 0 aromatic carbocycles. The van der Waals surface area contributed by atoms with Gasteiger partial charge in [0.1, 0.15) is 0 Å². The van der Waals surface area contributed by atoms with Crippen LogP contribution in [-0.4, -0.2) is 29.0 Å². The summed E-state index contributed by atoms with van der Waals surface area (Å²) in [5.41, 5.74) is 3.84. The minimum Gasteiger partial charge on any atom is -0.348 e. The molecule has 0 bridgehead atoms. The number of rotatable bonds is 6. The zero-order valence-corrected chi connectivity index (χ0v) is 18.6. The monoisotopic (exact) mass is 423 g/mol. The maximum Gasteiger partial charge on any atom is 0.332 e. The van der Waals surface area contributed by atoms with Gasteiger partial charge in [0, 0.05) is 37.6 Å². The highest BCUT2D eigenvalue weighted by atomic mass is 16.2. The fourth-order valence-corrected chi connectivity index (χ4v) is 4.57. The van der Waals surface area contributed by atoms with Crippen molar-refractivity contribution in [3.05, 3.63) is 61.8 Å². The van der Waals surface area contributed by atoms with Crippen LogP contribution in [0.5, 0.6) is 0 Å². The van der Waals surface area contributed by atoms with E-state index in [-0.39, 0.29) is 23.5 Å². The molecule has 0 spiro atoms. The molecule has 0 N–H and O–H groups in total. The number of fused-ring (bicyclic) bond motifs is 1. The van der Waals surface area contributed by atoms with Crippen molar-refractivity contribution in [2.75, 3.05) is 0 Å². The molecule has 0 saturated carbocycles. The number of aromatic nitrogens is 5. The number of hydrogen-bond donors (Lipinski definition) is 0. The van der Waals surface area contributed by atoms with Gasteiger partial charge in [0.05, 0.1) is 12.9 Å². The molecule has 3 heterocycles. The van der Waals surface area contributed by atoms with Gasteiger partial charge in [0.2, 0.25) is 0 Å². The molecule has 3 aromatic heterocycles. The summed E-state index contributed by atoms with van der Waals surface area (Å²) in [5.74, 6) is -0.0774. The average Bonchev–Trinajstić information content (AvgIpc) is 3.30. The molecule has 1 aliphatic rings. The van der Waals surface area contributed by atoms with Crippen LogP contribution >= 0.6 is 0 Å². The van der Waals surface area contributed by atoms with Crippen LogP contribution in [0.1, 0.15) is 53.8 Å². The van der Waals surface area contributed by atoms with Gasteiger partial charge in [-0.3, -0.25) is 18.7 Å². The lowest BCUT2D eigenvalue weighted by Crippen LogP contribution is -2.37. The molecule has 0 saturated heterocycles. The number of Topliss-reactive ketones (excluding diaryl/α,β-unsaturated/α-hetero) is 1. The lowest BCUT2D eigenvalue weighted by molar-refractivity contribution is 0.0972. The van der Waals surface area contributed by atoms with Gasteiger partial charge < -0.3 is 9.13 Å². The predicted molar refractivity (Wildman–Crippen MR) is 120 cm³/mol. The van der Waals surface area contributed by atoms with Gasteiger partial charge in [-0.25, -0.2) is 9.78 Å². The van der Waals surface area contributed by atoms with Crippen molar-refractivity contribution in [2.45, 2.75) is 59.0 Å². The minimum atomic E-state index is -0.449. The number of hydrogen-bond acceptors (Lipinski definition) is 4. The van der Waals surface area contributed by atoms with Crippen LogP contribution in [0.3, 0.4) is 0 Å². The zero-order chi connectivity index (χ0) is 22.3. The molecule has 0 atom stereocenters. The topological polar surface area (TPSA) is 83.8 Å². The number of carbonyl (C=O) groups excluding carboxylic acids is 1. The Balaban J connectivity index is 1.61. The Bertz CT molecular complexity index is 1320. The summed E-state index contributed by atoms with van der Waals surface area (Å²) < 4.78 is 6.11. The third-order valence-corrected chi connectivity index (χ3v) is 6.45. The first kappa shape index (κ1) is 21.1. The Hall–Kier alpha value is -3.16. The number of imidazole rings is 1. The van der Waals surface area contributed by atoms with E-state index in [1.165, 1.54) is 49.2 Å². The fourth-order valence-electron chi connectivity index (χ4n) is 4.57. The van der Waals surface area contributed by atoms with Gasteiger partial charge >= 0.3 is 5.69 Å². The standard InChI is InChI=1S/C23H29N5O3/c1-15-12-18(16(2)28(15)11-10-17-8-6-5-7-9-17)19(29)13-27-14-24-21-20(27)22(30)26(4)23(31)25(21)3/h8,12,14H,5-7,9-11,13H2,1-4H3. The molecule has 0 amide bonds. The first-order valence-corrected chi connectivity index (χ1v) is 10.8. The summed E-state index contributed by atoms with van der Waals surface area (Å²) >= 11 is 0. The second-order valence-electron chi connectivity index (χ2n) is 8.47. The lowest BCUT2D eigenvalue weighted by Gasteiger charge is -2.15. The molecule has 8 nitrogen and oxygen atoms in total. The van der Waals surface area contributed by atoms with E-state index in [9.17, 15) is 14.4 Å². The van der Waals surface area contributed by atoms with Crippen LogP contribution in [0.4, 0.5) is 0 Å². The van der Waals surface area contributed by atoms with Gasteiger partial charge in [-0.15, -0.1) is 0 Å². The second kappa shape index (κ2) is 8.17. The van der Waals surface area contributed by atoms with E-state index in [0.29, 0.717) is 5.56 Å². The van der Waals surface area contributed by atoms with Crippen molar-refractivity contribution in [1.29, 1.82) is 0 Å². The van der Waals surface area contributed by atoms with Crippen LogP contribution in [0, 0.1) is 13.8 Å². The molecule has 0 radical (unpaired) electrons. The Kier molecular flexibility index (Phi) is 5.56. The Morgan fingerprint density at radius 2 is 1.90 bits per heavy atom. The number of carbonyl (C=O) groups is 1. The third kappa shape index (κ3) is 3.71. The average molecular weight is 424 g/mol. The van der Waals surface area contributed by atoms with Crippen molar-refractivity contribution in [3.8, 4) is 0 Å².